The summed E-state index contributed by atoms with van der Waals surface area (Å²) in [6.45, 7) is 2.58. The van der Waals surface area contributed by atoms with Gasteiger partial charge in [-0.3, -0.25) is 4.90 Å². The van der Waals surface area contributed by atoms with Crippen LogP contribution < -0.4 is 0 Å². The first kappa shape index (κ1) is 11.5. The summed E-state index contributed by atoms with van der Waals surface area (Å²) in [7, 11) is 0. The van der Waals surface area contributed by atoms with Crippen LogP contribution in [0, 0.1) is 0 Å². The van der Waals surface area contributed by atoms with Gasteiger partial charge in [0.1, 0.15) is 0 Å². The van der Waals surface area contributed by atoms with Gasteiger partial charge in [0.15, 0.2) is 0 Å². The lowest BCUT2D eigenvalue weighted by molar-refractivity contribution is 0.112. The van der Waals surface area contributed by atoms with Crippen LogP contribution in [0.1, 0.15) is 22.8 Å². The van der Waals surface area contributed by atoms with Crippen LogP contribution in [0.4, 0.5) is 0 Å². The van der Waals surface area contributed by atoms with Crippen LogP contribution >= 0.6 is 0 Å². The minimum absolute atomic E-state index is 0.402. The van der Waals surface area contributed by atoms with Gasteiger partial charge in [0.25, 0.3) is 0 Å². The average Bonchev–Trinajstić information content (AvgIpc) is 2.82. The van der Waals surface area contributed by atoms with E-state index in [0.717, 1.165) is 18.7 Å². The van der Waals surface area contributed by atoms with Gasteiger partial charge in [-0.25, -0.2) is 0 Å². The van der Waals surface area contributed by atoms with Gasteiger partial charge < -0.3 is 5.11 Å². The zero-order valence-corrected chi connectivity index (χ0v) is 10.3. The molecule has 2 heteroatoms. The van der Waals surface area contributed by atoms with E-state index in [9.17, 15) is 5.11 Å². The molecule has 18 heavy (non-hydrogen) atoms. The Morgan fingerprint density at radius 1 is 0.889 bits per heavy atom. The molecule has 0 aliphatic carbocycles. The highest BCUT2D eigenvalue weighted by molar-refractivity contribution is 5.30. The van der Waals surface area contributed by atoms with E-state index in [1.165, 1.54) is 11.1 Å². The standard InChI is InChI=1S/C16H17NO/c18-16(13-6-2-1-3-7-13)12-17-10-14-8-4-5-9-15(14)11-17/h1-9,16,18H,10-12H2. The SMILES string of the molecule is OC(CN1Cc2ccccc2C1)c1ccccc1. The van der Waals surface area contributed by atoms with Gasteiger partial charge in [-0.1, -0.05) is 54.6 Å². The Hall–Kier alpha value is -1.64. The van der Waals surface area contributed by atoms with Crippen molar-refractivity contribution in [2.75, 3.05) is 6.54 Å². The topological polar surface area (TPSA) is 23.5 Å². The summed E-state index contributed by atoms with van der Waals surface area (Å²) >= 11 is 0. The Balaban J connectivity index is 1.66. The fraction of sp³-hybridized carbons (Fsp3) is 0.250. The maximum absolute atomic E-state index is 10.2. The average molecular weight is 239 g/mol. The number of aliphatic hydroxyl groups excluding tert-OH is 1. The number of hydrogen-bond acceptors (Lipinski definition) is 2. The largest absolute Gasteiger partial charge is 0.387 e. The van der Waals surface area contributed by atoms with Gasteiger partial charge in [0, 0.05) is 19.6 Å². The molecule has 0 fully saturated rings. The number of β-amino-alcohol motifs (C(OH)–C–C–N with tert-alkyl or cyclic N) is 1. The Morgan fingerprint density at radius 2 is 1.44 bits per heavy atom. The molecule has 1 aliphatic heterocycles. The third-order valence-electron chi connectivity index (χ3n) is 3.52. The Labute approximate surface area is 107 Å². The van der Waals surface area contributed by atoms with E-state index in [1.807, 2.05) is 30.3 Å². The predicted molar refractivity (Wildman–Crippen MR) is 72.0 cm³/mol. The molecule has 0 saturated carbocycles. The molecule has 1 N–H and O–H groups in total. The van der Waals surface area contributed by atoms with Crippen LogP contribution in [0.25, 0.3) is 0 Å². The zero-order valence-electron chi connectivity index (χ0n) is 10.3. The van der Waals surface area contributed by atoms with Crippen LogP contribution in [0.3, 0.4) is 0 Å². The summed E-state index contributed by atoms with van der Waals surface area (Å²) < 4.78 is 0. The molecule has 1 aliphatic rings. The van der Waals surface area contributed by atoms with E-state index in [1.54, 1.807) is 0 Å². The van der Waals surface area contributed by atoms with Gasteiger partial charge in [-0.05, 0) is 16.7 Å². The smallest absolute Gasteiger partial charge is 0.0917 e. The van der Waals surface area contributed by atoms with Gasteiger partial charge in [0.2, 0.25) is 0 Å². The van der Waals surface area contributed by atoms with Crippen LogP contribution in [-0.4, -0.2) is 16.6 Å². The van der Waals surface area contributed by atoms with Crippen molar-refractivity contribution in [3.05, 3.63) is 71.3 Å². The zero-order chi connectivity index (χ0) is 12.4. The molecule has 1 unspecified atom stereocenters. The lowest BCUT2D eigenvalue weighted by Gasteiger charge is -2.19. The van der Waals surface area contributed by atoms with E-state index < -0.39 is 6.10 Å². The minimum atomic E-state index is -0.402. The Morgan fingerprint density at radius 3 is 2.06 bits per heavy atom. The first-order chi connectivity index (χ1) is 8.83. The predicted octanol–water partition coefficient (Wildman–Crippen LogP) is 2.74. The molecule has 2 aromatic carbocycles. The molecular weight excluding hydrogens is 222 g/mol. The first-order valence-corrected chi connectivity index (χ1v) is 6.35. The summed E-state index contributed by atoms with van der Waals surface area (Å²) in [5.74, 6) is 0. The van der Waals surface area contributed by atoms with Crippen LogP contribution in [-0.2, 0) is 13.1 Å². The summed E-state index contributed by atoms with van der Waals surface area (Å²) in [6.07, 6.45) is -0.402. The maximum Gasteiger partial charge on any atom is 0.0917 e. The van der Waals surface area contributed by atoms with Crippen molar-refractivity contribution in [3.8, 4) is 0 Å². The van der Waals surface area contributed by atoms with Gasteiger partial charge >= 0.3 is 0 Å². The van der Waals surface area contributed by atoms with Crippen molar-refractivity contribution in [2.45, 2.75) is 19.2 Å². The lowest BCUT2D eigenvalue weighted by Crippen LogP contribution is -2.23. The number of rotatable bonds is 3. The summed E-state index contributed by atoms with van der Waals surface area (Å²) in [6, 6.07) is 18.4. The van der Waals surface area contributed by atoms with Crippen molar-refractivity contribution < 1.29 is 5.11 Å². The van der Waals surface area contributed by atoms with Gasteiger partial charge in [0.05, 0.1) is 6.10 Å². The lowest BCUT2D eigenvalue weighted by atomic mass is 10.1. The van der Waals surface area contributed by atoms with Crippen LogP contribution in [0.15, 0.2) is 54.6 Å². The quantitative estimate of drug-likeness (QED) is 0.890. The van der Waals surface area contributed by atoms with Crippen molar-refractivity contribution in [2.24, 2.45) is 0 Å². The highest BCUT2D eigenvalue weighted by Crippen LogP contribution is 2.24. The van der Waals surface area contributed by atoms with Crippen molar-refractivity contribution in [3.63, 3.8) is 0 Å². The van der Waals surface area contributed by atoms with E-state index in [0.29, 0.717) is 6.54 Å². The second-order valence-corrected chi connectivity index (χ2v) is 4.86. The molecule has 1 heterocycles. The van der Waals surface area contributed by atoms with E-state index in [2.05, 4.69) is 29.2 Å². The molecule has 0 spiro atoms. The maximum atomic E-state index is 10.2. The summed E-state index contributed by atoms with van der Waals surface area (Å²) in [5.41, 5.74) is 3.77. The number of hydrogen-bond donors (Lipinski definition) is 1. The molecular formula is C16H17NO. The number of fused-ring (bicyclic) bond motifs is 1. The Kier molecular flexibility index (Phi) is 3.13. The second-order valence-electron chi connectivity index (χ2n) is 4.86. The van der Waals surface area contributed by atoms with Gasteiger partial charge in [-0.2, -0.15) is 0 Å². The monoisotopic (exact) mass is 239 g/mol. The fourth-order valence-electron chi connectivity index (χ4n) is 2.56. The Bertz CT molecular complexity index is 499. The molecule has 2 nitrogen and oxygen atoms in total. The third-order valence-corrected chi connectivity index (χ3v) is 3.52. The number of aliphatic hydroxyl groups is 1. The van der Waals surface area contributed by atoms with Crippen molar-refractivity contribution in [1.82, 2.24) is 4.90 Å². The third kappa shape index (κ3) is 2.30. The molecule has 92 valence electrons. The fourth-order valence-corrected chi connectivity index (χ4v) is 2.56. The van der Waals surface area contributed by atoms with E-state index >= 15 is 0 Å². The summed E-state index contributed by atoms with van der Waals surface area (Å²) in [4.78, 5) is 2.29. The number of nitrogens with zero attached hydrogens (tertiary/aromatic N) is 1. The second kappa shape index (κ2) is 4.92. The molecule has 3 rings (SSSR count). The van der Waals surface area contributed by atoms with E-state index in [-0.39, 0.29) is 0 Å². The highest BCUT2D eigenvalue weighted by Gasteiger charge is 2.20. The van der Waals surface area contributed by atoms with Gasteiger partial charge in [-0.15, -0.1) is 0 Å². The molecule has 0 saturated heterocycles. The van der Waals surface area contributed by atoms with Crippen LogP contribution in [0.2, 0.25) is 0 Å². The normalized spacial score (nSPS) is 16.5. The van der Waals surface area contributed by atoms with E-state index in [4.69, 9.17) is 0 Å². The van der Waals surface area contributed by atoms with Crippen molar-refractivity contribution >= 4 is 0 Å². The first-order valence-electron chi connectivity index (χ1n) is 6.35. The highest BCUT2D eigenvalue weighted by atomic mass is 16.3. The molecule has 2 aromatic rings. The molecule has 0 radical (unpaired) electrons. The molecule has 0 bridgehead atoms. The van der Waals surface area contributed by atoms with Crippen LogP contribution in [0.5, 0.6) is 0 Å². The molecule has 0 amide bonds. The molecule has 1 atom stereocenters. The minimum Gasteiger partial charge on any atom is -0.387 e. The van der Waals surface area contributed by atoms with Crippen molar-refractivity contribution in [1.29, 1.82) is 0 Å². The summed E-state index contributed by atoms with van der Waals surface area (Å²) in [5, 5.41) is 10.2. The molecule has 0 aromatic heterocycles. The number of benzene rings is 2.